The van der Waals surface area contributed by atoms with Crippen LogP contribution in [0.15, 0.2) is 18.2 Å². The van der Waals surface area contributed by atoms with Crippen molar-refractivity contribution in [2.75, 3.05) is 6.61 Å². The minimum absolute atomic E-state index is 0.101. The molecule has 0 aliphatic carbocycles. The summed E-state index contributed by atoms with van der Waals surface area (Å²) in [4.78, 5) is 11.7. The lowest BCUT2D eigenvalue weighted by molar-refractivity contribution is 0.0862. The lowest BCUT2D eigenvalue weighted by atomic mass is 10.1. The molecule has 0 spiro atoms. The maximum Gasteiger partial charge on any atom is 0.254 e. The van der Waals surface area contributed by atoms with Gasteiger partial charge in [0.2, 0.25) is 0 Å². The normalized spacial score (nSPS) is 23.7. The Morgan fingerprint density at radius 1 is 1.47 bits per heavy atom. The topological polar surface area (TPSA) is 38.3 Å². The second-order valence-corrected chi connectivity index (χ2v) is 4.05. The van der Waals surface area contributed by atoms with Gasteiger partial charge in [0, 0.05) is 6.61 Å². The van der Waals surface area contributed by atoms with Crippen LogP contribution in [0, 0.1) is 11.6 Å². The fourth-order valence-corrected chi connectivity index (χ4v) is 1.85. The summed E-state index contributed by atoms with van der Waals surface area (Å²) in [6.45, 7) is 2.40. The molecule has 1 heterocycles. The summed E-state index contributed by atoms with van der Waals surface area (Å²) in [5.74, 6) is -2.74. The average Bonchev–Trinajstić information content (AvgIpc) is 2.68. The predicted molar refractivity (Wildman–Crippen MR) is 57.6 cm³/mol. The molecule has 1 aliphatic heterocycles. The number of halogens is 2. The van der Waals surface area contributed by atoms with Crippen LogP contribution < -0.4 is 5.32 Å². The number of nitrogens with one attached hydrogen (secondary N) is 1. The van der Waals surface area contributed by atoms with Crippen molar-refractivity contribution >= 4 is 5.91 Å². The molecule has 0 saturated carbocycles. The number of carbonyl (C=O) groups excluding carboxylic acids is 1. The van der Waals surface area contributed by atoms with Gasteiger partial charge in [-0.3, -0.25) is 4.79 Å². The van der Waals surface area contributed by atoms with Gasteiger partial charge in [-0.15, -0.1) is 0 Å². The zero-order valence-corrected chi connectivity index (χ0v) is 9.37. The molecule has 1 N–H and O–H groups in total. The molecule has 3 nitrogen and oxygen atoms in total. The largest absolute Gasteiger partial charge is 0.376 e. The van der Waals surface area contributed by atoms with Crippen molar-refractivity contribution in [1.29, 1.82) is 0 Å². The van der Waals surface area contributed by atoms with E-state index < -0.39 is 17.5 Å². The fraction of sp³-hybridized carbons (Fsp3) is 0.417. The quantitative estimate of drug-likeness (QED) is 0.858. The molecule has 92 valence electrons. The predicted octanol–water partition coefficient (Wildman–Crippen LogP) is 1.87. The van der Waals surface area contributed by atoms with Crippen molar-refractivity contribution in [3.8, 4) is 0 Å². The van der Waals surface area contributed by atoms with Gasteiger partial charge < -0.3 is 10.1 Å². The third kappa shape index (κ3) is 2.44. The monoisotopic (exact) mass is 241 g/mol. The third-order valence-corrected chi connectivity index (χ3v) is 2.89. The van der Waals surface area contributed by atoms with Crippen molar-refractivity contribution in [1.82, 2.24) is 5.32 Å². The van der Waals surface area contributed by atoms with Gasteiger partial charge in [-0.05, 0) is 25.5 Å². The van der Waals surface area contributed by atoms with Crippen LogP contribution in [0.1, 0.15) is 23.7 Å². The Bertz CT molecular complexity index is 437. The average molecular weight is 241 g/mol. The summed E-state index contributed by atoms with van der Waals surface area (Å²) in [5.41, 5.74) is -0.274. The van der Waals surface area contributed by atoms with Crippen LogP contribution in [-0.2, 0) is 4.74 Å². The number of amides is 1. The molecule has 2 unspecified atom stereocenters. The summed E-state index contributed by atoms with van der Waals surface area (Å²) >= 11 is 0. The maximum absolute atomic E-state index is 13.4. The summed E-state index contributed by atoms with van der Waals surface area (Å²) < 4.78 is 31.6. The first-order valence-corrected chi connectivity index (χ1v) is 5.46. The molecule has 0 aromatic heterocycles. The van der Waals surface area contributed by atoms with Gasteiger partial charge >= 0.3 is 0 Å². The first-order valence-electron chi connectivity index (χ1n) is 5.46. The van der Waals surface area contributed by atoms with E-state index in [1.165, 1.54) is 12.1 Å². The highest BCUT2D eigenvalue weighted by Gasteiger charge is 2.27. The Hall–Kier alpha value is -1.49. The number of ether oxygens (including phenoxy) is 1. The van der Waals surface area contributed by atoms with E-state index in [4.69, 9.17) is 4.74 Å². The fourth-order valence-electron chi connectivity index (χ4n) is 1.85. The van der Waals surface area contributed by atoms with Gasteiger partial charge in [-0.1, -0.05) is 6.07 Å². The molecule has 2 rings (SSSR count). The second kappa shape index (κ2) is 4.79. The lowest BCUT2D eigenvalue weighted by Crippen LogP contribution is -2.39. The van der Waals surface area contributed by atoms with E-state index in [0.717, 1.165) is 6.07 Å². The van der Waals surface area contributed by atoms with Gasteiger partial charge in [0.1, 0.15) is 0 Å². The number of carbonyl (C=O) groups is 1. The summed E-state index contributed by atoms with van der Waals surface area (Å²) in [6.07, 6.45) is 0.583. The molecule has 5 heteroatoms. The van der Waals surface area contributed by atoms with Crippen molar-refractivity contribution in [2.24, 2.45) is 0 Å². The molecule has 0 radical (unpaired) electrons. The minimum atomic E-state index is -1.11. The van der Waals surface area contributed by atoms with Crippen LogP contribution in [0.2, 0.25) is 0 Å². The standard InChI is InChI=1S/C12H13F2NO2/c1-7-10(5-6-17-7)15-12(16)8-3-2-4-9(13)11(8)14/h2-4,7,10H,5-6H2,1H3,(H,15,16). The SMILES string of the molecule is CC1OCCC1NC(=O)c1cccc(F)c1F. The number of benzene rings is 1. The van der Waals surface area contributed by atoms with Gasteiger partial charge in [-0.25, -0.2) is 8.78 Å². The Labute approximate surface area is 97.8 Å². The van der Waals surface area contributed by atoms with E-state index in [1.807, 2.05) is 6.92 Å². The van der Waals surface area contributed by atoms with Gasteiger partial charge in [-0.2, -0.15) is 0 Å². The molecular formula is C12H13F2NO2. The molecule has 1 aliphatic rings. The smallest absolute Gasteiger partial charge is 0.254 e. The van der Waals surface area contributed by atoms with E-state index in [0.29, 0.717) is 13.0 Å². The van der Waals surface area contributed by atoms with E-state index in [2.05, 4.69) is 5.32 Å². The first kappa shape index (κ1) is 12.0. The summed E-state index contributed by atoms with van der Waals surface area (Å²) in [5, 5.41) is 2.64. The van der Waals surface area contributed by atoms with Crippen LogP contribution in [0.4, 0.5) is 8.78 Å². The van der Waals surface area contributed by atoms with Crippen LogP contribution >= 0.6 is 0 Å². The van der Waals surface area contributed by atoms with Crippen molar-refractivity contribution < 1.29 is 18.3 Å². The van der Waals surface area contributed by atoms with Crippen molar-refractivity contribution in [3.63, 3.8) is 0 Å². The van der Waals surface area contributed by atoms with E-state index in [-0.39, 0.29) is 17.7 Å². The van der Waals surface area contributed by atoms with Crippen LogP contribution in [0.5, 0.6) is 0 Å². The zero-order valence-electron chi connectivity index (χ0n) is 9.37. The first-order chi connectivity index (χ1) is 8.09. The molecule has 1 saturated heterocycles. The Kier molecular flexibility index (Phi) is 3.38. The molecular weight excluding hydrogens is 228 g/mol. The number of rotatable bonds is 2. The van der Waals surface area contributed by atoms with Gasteiger partial charge in [0.25, 0.3) is 5.91 Å². The van der Waals surface area contributed by atoms with Crippen molar-refractivity contribution in [3.05, 3.63) is 35.4 Å². The highest BCUT2D eigenvalue weighted by atomic mass is 19.2. The maximum atomic E-state index is 13.4. The third-order valence-electron chi connectivity index (χ3n) is 2.89. The Morgan fingerprint density at radius 3 is 2.88 bits per heavy atom. The summed E-state index contributed by atoms with van der Waals surface area (Å²) in [6, 6.07) is 3.40. The summed E-state index contributed by atoms with van der Waals surface area (Å²) in [7, 11) is 0. The highest BCUT2D eigenvalue weighted by molar-refractivity contribution is 5.94. The molecule has 17 heavy (non-hydrogen) atoms. The molecule has 1 aromatic carbocycles. The van der Waals surface area contributed by atoms with Gasteiger partial charge in [0.05, 0.1) is 17.7 Å². The van der Waals surface area contributed by atoms with Crippen LogP contribution in [-0.4, -0.2) is 24.7 Å². The van der Waals surface area contributed by atoms with E-state index in [9.17, 15) is 13.6 Å². The Morgan fingerprint density at radius 2 is 2.24 bits per heavy atom. The number of hydrogen-bond acceptors (Lipinski definition) is 2. The van der Waals surface area contributed by atoms with Crippen LogP contribution in [0.25, 0.3) is 0 Å². The molecule has 1 aromatic rings. The zero-order chi connectivity index (χ0) is 12.4. The van der Waals surface area contributed by atoms with Crippen LogP contribution in [0.3, 0.4) is 0 Å². The van der Waals surface area contributed by atoms with E-state index >= 15 is 0 Å². The van der Waals surface area contributed by atoms with Crippen molar-refractivity contribution in [2.45, 2.75) is 25.5 Å². The van der Waals surface area contributed by atoms with E-state index in [1.54, 1.807) is 0 Å². The molecule has 1 fully saturated rings. The second-order valence-electron chi connectivity index (χ2n) is 4.05. The highest BCUT2D eigenvalue weighted by Crippen LogP contribution is 2.15. The molecule has 1 amide bonds. The van der Waals surface area contributed by atoms with Gasteiger partial charge in [0.15, 0.2) is 11.6 Å². The molecule has 0 bridgehead atoms. The lowest BCUT2D eigenvalue weighted by Gasteiger charge is -2.16. The number of hydrogen-bond donors (Lipinski definition) is 1. The Balaban J connectivity index is 2.12. The minimum Gasteiger partial charge on any atom is -0.376 e. The molecule has 2 atom stereocenters.